The van der Waals surface area contributed by atoms with Crippen LogP contribution >= 0.6 is 12.2 Å². The number of carbonyl (C=O) groups excluding carboxylic acids is 1. The molecule has 0 aliphatic heterocycles. The van der Waals surface area contributed by atoms with Gasteiger partial charge in [-0.05, 0) is 37.9 Å². The highest BCUT2D eigenvalue weighted by molar-refractivity contribution is 7.80. The quantitative estimate of drug-likeness (QED) is 0.724. The van der Waals surface area contributed by atoms with Gasteiger partial charge in [0.05, 0.1) is 0 Å². The Labute approximate surface area is 129 Å². The molecule has 0 heterocycles. The summed E-state index contributed by atoms with van der Waals surface area (Å²) in [6, 6.07) is 0. The number of unbranched alkanes of at least 4 members (excludes halogenated alkanes) is 2. The van der Waals surface area contributed by atoms with Crippen molar-refractivity contribution in [2.75, 3.05) is 13.1 Å². The van der Waals surface area contributed by atoms with Crippen LogP contribution in [0.3, 0.4) is 0 Å². The molecule has 1 aliphatic carbocycles. The van der Waals surface area contributed by atoms with Gasteiger partial charge >= 0.3 is 0 Å². The zero-order valence-electron chi connectivity index (χ0n) is 13.1. The molecule has 4 heteroatoms. The topological polar surface area (TPSA) is 32.3 Å². The molecule has 0 aromatic carbocycles. The van der Waals surface area contributed by atoms with Crippen LogP contribution in [-0.2, 0) is 4.79 Å². The molecule has 1 rings (SSSR count). The predicted molar refractivity (Wildman–Crippen MR) is 88.7 cm³/mol. The standard InChI is InChI=1S/C16H30N2OS/c1-3-5-12-18(13-6-4-2)16(20)17-15(19)14-10-8-7-9-11-14/h14H,3-13H2,1-2H3,(H,17,19,20). The molecule has 0 aromatic heterocycles. The fraction of sp³-hybridized carbons (Fsp3) is 0.875. The molecule has 0 aromatic rings. The van der Waals surface area contributed by atoms with E-state index in [1.807, 2.05) is 0 Å². The molecule has 1 aliphatic rings. The van der Waals surface area contributed by atoms with Crippen molar-refractivity contribution in [3.05, 3.63) is 0 Å². The maximum Gasteiger partial charge on any atom is 0.229 e. The van der Waals surface area contributed by atoms with Crippen LogP contribution in [-0.4, -0.2) is 29.0 Å². The maximum atomic E-state index is 12.2. The lowest BCUT2D eigenvalue weighted by molar-refractivity contribution is -0.124. The van der Waals surface area contributed by atoms with Gasteiger partial charge in [0.2, 0.25) is 5.91 Å². The third-order valence-electron chi connectivity index (χ3n) is 4.06. The Hall–Kier alpha value is -0.640. The number of hydrogen-bond acceptors (Lipinski definition) is 2. The van der Waals surface area contributed by atoms with Crippen LogP contribution in [0.25, 0.3) is 0 Å². The van der Waals surface area contributed by atoms with E-state index < -0.39 is 0 Å². The van der Waals surface area contributed by atoms with Gasteiger partial charge in [-0.15, -0.1) is 0 Å². The van der Waals surface area contributed by atoms with Gasteiger partial charge in [-0.25, -0.2) is 0 Å². The molecule has 0 bridgehead atoms. The van der Waals surface area contributed by atoms with E-state index in [0.717, 1.165) is 51.6 Å². The van der Waals surface area contributed by atoms with E-state index in [2.05, 4.69) is 24.1 Å². The molecule has 0 unspecified atom stereocenters. The molecule has 116 valence electrons. The summed E-state index contributed by atoms with van der Waals surface area (Å²) in [7, 11) is 0. The first-order valence-corrected chi connectivity index (χ1v) is 8.69. The Balaban J connectivity index is 2.43. The number of carbonyl (C=O) groups is 1. The number of hydrogen-bond donors (Lipinski definition) is 1. The van der Waals surface area contributed by atoms with E-state index in [1.54, 1.807) is 0 Å². The van der Waals surface area contributed by atoms with Crippen molar-refractivity contribution in [3.8, 4) is 0 Å². The molecular formula is C16H30N2OS. The van der Waals surface area contributed by atoms with Crippen molar-refractivity contribution in [3.63, 3.8) is 0 Å². The fourth-order valence-corrected chi connectivity index (χ4v) is 2.95. The average Bonchev–Trinajstić information content (AvgIpc) is 2.48. The maximum absolute atomic E-state index is 12.2. The van der Waals surface area contributed by atoms with E-state index in [-0.39, 0.29) is 11.8 Å². The minimum Gasteiger partial charge on any atom is -0.349 e. The highest BCUT2D eigenvalue weighted by Gasteiger charge is 2.22. The van der Waals surface area contributed by atoms with E-state index in [4.69, 9.17) is 12.2 Å². The summed E-state index contributed by atoms with van der Waals surface area (Å²) in [5.41, 5.74) is 0. The summed E-state index contributed by atoms with van der Waals surface area (Å²) in [4.78, 5) is 14.4. The minimum absolute atomic E-state index is 0.146. The molecule has 3 nitrogen and oxygen atoms in total. The number of amides is 1. The molecule has 20 heavy (non-hydrogen) atoms. The zero-order chi connectivity index (χ0) is 14.8. The second kappa shape index (κ2) is 10.1. The smallest absolute Gasteiger partial charge is 0.229 e. The monoisotopic (exact) mass is 298 g/mol. The number of rotatable bonds is 7. The lowest BCUT2D eigenvalue weighted by Crippen LogP contribution is -2.45. The van der Waals surface area contributed by atoms with E-state index in [9.17, 15) is 4.79 Å². The first kappa shape index (κ1) is 17.4. The van der Waals surface area contributed by atoms with Crippen LogP contribution in [0.1, 0.15) is 71.6 Å². The highest BCUT2D eigenvalue weighted by atomic mass is 32.1. The lowest BCUT2D eigenvalue weighted by atomic mass is 9.89. The van der Waals surface area contributed by atoms with Crippen molar-refractivity contribution in [2.24, 2.45) is 5.92 Å². The van der Waals surface area contributed by atoms with E-state index in [1.165, 1.54) is 19.3 Å². The lowest BCUT2D eigenvalue weighted by Gasteiger charge is -2.27. The predicted octanol–water partition coefficient (Wildman–Crippen LogP) is 3.87. The van der Waals surface area contributed by atoms with E-state index >= 15 is 0 Å². The van der Waals surface area contributed by atoms with Crippen LogP contribution in [0, 0.1) is 5.92 Å². The summed E-state index contributed by atoms with van der Waals surface area (Å²) >= 11 is 5.44. The molecule has 0 spiro atoms. The van der Waals surface area contributed by atoms with Crippen molar-refractivity contribution >= 4 is 23.2 Å². The van der Waals surface area contributed by atoms with Gasteiger partial charge < -0.3 is 10.2 Å². The molecule has 1 saturated carbocycles. The summed E-state index contributed by atoms with van der Waals surface area (Å²) < 4.78 is 0. The molecule has 1 fully saturated rings. The average molecular weight is 298 g/mol. The molecule has 0 radical (unpaired) electrons. The Morgan fingerprint density at radius 1 is 1.10 bits per heavy atom. The third-order valence-corrected chi connectivity index (χ3v) is 4.42. The number of nitrogens with zero attached hydrogens (tertiary/aromatic N) is 1. The Morgan fingerprint density at radius 3 is 2.15 bits per heavy atom. The second-order valence-corrected chi connectivity index (χ2v) is 6.21. The number of nitrogens with one attached hydrogen (secondary N) is 1. The zero-order valence-corrected chi connectivity index (χ0v) is 13.9. The molecular weight excluding hydrogens is 268 g/mol. The largest absolute Gasteiger partial charge is 0.349 e. The molecule has 0 atom stereocenters. The first-order chi connectivity index (χ1) is 9.69. The van der Waals surface area contributed by atoms with Crippen molar-refractivity contribution in [1.82, 2.24) is 10.2 Å². The molecule has 1 N–H and O–H groups in total. The van der Waals surface area contributed by atoms with Gasteiger partial charge in [0.15, 0.2) is 5.11 Å². The Kier molecular flexibility index (Phi) is 8.83. The minimum atomic E-state index is 0.146. The van der Waals surface area contributed by atoms with Gasteiger partial charge in [0.25, 0.3) is 0 Å². The summed E-state index contributed by atoms with van der Waals surface area (Å²) in [5, 5.41) is 3.63. The van der Waals surface area contributed by atoms with Crippen LogP contribution in [0.2, 0.25) is 0 Å². The van der Waals surface area contributed by atoms with Crippen LogP contribution in [0.5, 0.6) is 0 Å². The highest BCUT2D eigenvalue weighted by Crippen LogP contribution is 2.23. The SMILES string of the molecule is CCCCN(CCCC)C(=S)NC(=O)C1CCCCC1. The van der Waals surface area contributed by atoms with Crippen LogP contribution in [0.15, 0.2) is 0 Å². The van der Waals surface area contributed by atoms with Crippen LogP contribution in [0.4, 0.5) is 0 Å². The van der Waals surface area contributed by atoms with Crippen molar-refractivity contribution in [2.45, 2.75) is 71.6 Å². The van der Waals surface area contributed by atoms with Gasteiger partial charge in [0, 0.05) is 19.0 Å². The number of thiocarbonyl (C=S) groups is 1. The van der Waals surface area contributed by atoms with E-state index in [0.29, 0.717) is 5.11 Å². The normalized spacial score (nSPS) is 15.9. The summed E-state index contributed by atoms with van der Waals surface area (Å²) in [6.45, 7) is 6.28. The summed E-state index contributed by atoms with van der Waals surface area (Å²) in [6.07, 6.45) is 10.3. The van der Waals surface area contributed by atoms with Gasteiger partial charge in [-0.1, -0.05) is 46.0 Å². The van der Waals surface area contributed by atoms with Crippen molar-refractivity contribution in [1.29, 1.82) is 0 Å². The Bertz CT molecular complexity index is 293. The summed E-state index contributed by atoms with van der Waals surface area (Å²) in [5.74, 6) is 0.327. The van der Waals surface area contributed by atoms with Crippen LogP contribution < -0.4 is 5.32 Å². The van der Waals surface area contributed by atoms with Gasteiger partial charge in [-0.3, -0.25) is 4.79 Å². The third kappa shape index (κ3) is 6.21. The second-order valence-electron chi connectivity index (χ2n) is 5.82. The Morgan fingerprint density at radius 2 is 1.65 bits per heavy atom. The first-order valence-electron chi connectivity index (χ1n) is 8.28. The molecule has 0 saturated heterocycles. The van der Waals surface area contributed by atoms with Crippen molar-refractivity contribution < 1.29 is 4.79 Å². The van der Waals surface area contributed by atoms with Gasteiger partial charge in [-0.2, -0.15) is 0 Å². The molecule has 1 amide bonds. The van der Waals surface area contributed by atoms with Gasteiger partial charge in [0.1, 0.15) is 0 Å². The fourth-order valence-electron chi connectivity index (χ4n) is 2.66.